The van der Waals surface area contributed by atoms with Crippen molar-refractivity contribution in [3.63, 3.8) is 0 Å². The molecule has 0 atom stereocenters. The molecule has 10 heteroatoms. The van der Waals surface area contributed by atoms with Crippen molar-refractivity contribution in [3.05, 3.63) is 41.6 Å². The Morgan fingerprint density at radius 3 is 2.73 bits per heavy atom. The number of fused-ring (bicyclic) bond motifs is 1. The highest BCUT2D eigenvalue weighted by molar-refractivity contribution is 7.99. The van der Waals surface area contributed by atoms with Gasteiger partial charge in [-0.3, -0.25) is 4.79 Å². The van der Waals surface area contributed by atoms with Gasteiger partial charge in [-0.05, 0) is 29.9 Å². The normalized spacial score (nSPS) is 11.3. The number of thioether (sulfide) groups is 1. The molecule has 0 unspecified atom stereocenters. The van der Waals surface area contributed by atoms with Gasteiger partial charge in [-0.2, -0.15) is 5.10 Å². The van der Waals surface area contributed by atoms with Crippen molar-refractivity contribution in [2.24, 2.45) is 5.92 Å². The van der Waals surface area contributed by atoms with Gasteiger partial charge in [0, 0.05) is 18.7 Å². The van der Waals surface area contributed by atoms with Crippen LogP contribution in [0.25, 0.3) is 11.0 Å². The summed E-state index contributed by atoms with van der Waals surface area (Å²) in [5.41, 5.74) is 0.734. The van der Waals surface area contributed by atoms with Crippen LogP contribution in [0.3, 0.4) is 0 Å². The number of anilines is 1. The Morgan fingerprint density at radius 1 is 1.23 bits per heavy atom. The van der Waals surface area contributed by atoms with Crippen LogP contribution in [0.5, 0.6) is 0 Å². The van der Waals surface area contributed by atoms with Gasteiger partial charge in [0.1, 0.15) is 5.82 Å². The van der Waals surface area contributed by atoms with Gasteiger partial charge in [0.25, 0.3) is 5.91 Å². The van der Waals surface area contributed by atoms with Crippen LogP contribution in [0.4, 0.5) is 14.6 Å². The van der Waals surface area contributed by atoms with Crippen LogP contribution >= 0.6 is 11.8 Å². The van der Waals surface area contributed by atoms with E-state index in [1.807, 2.05) is 6.92 Å². The Hall–Kier alpha value is -2.75. The molecule has 2 N–H and O–H groups in total. The van der Waals surface area contributed by atoms with E-state index in [2.05, 4.69) is 39.5 Å². The minimum atomic E-state index is -1.06. The molecule has 30 heavy (non-hydrogen) atoms. The zero-order valence-corrected chi connectivity index (χ0v) is 17.9. The van der Waals surface area contributed by atoms with Crippen LogP contribution < -0.4 is 10.6 Å². The van der Waals surface area contributed by atoms with Crippen LogP contribution in [0.15, 0.2) is 29.6 Å². The quantitative estimate of drug-likeness (QED) is 0.395. The number of aromatic nitrogens is 4. The third-order valence-electron chi connectivity index (χ3n) is 4.22. The first-order chi connectivity index (χ1) is 14.4. The molecule has 0 aliphatic heterocycles. The molecular formula is C20H24F2N6OS. The number of amides is 1. The number of carbonyl (C=O) groups excluding carboxylic acids is 1. The molecule has 0 saturated heterocycles. The highest BCUT2D eigenvalue weighted by Gasteiger charge is 2.14. The second-order valence-electron chi connectivity index (χ2n) is 7.05. The zero-order chi connectivity index (χ0) is 21.7. The molecule has 0 radical (unpaired) electrons. The summed E-state index contributed by atoms with van der Waals surface area (Å²) in [5, 5.41) is 11.9. The van der Waals surface area contributed by atoms with E-state index in [0.717, 1.165) is 35.6 Å². The van der Waals surface area contributed by atoms with Crippen molar-refractivity contribution in [2.75, 3.05) is 24.2 Å². The fourth-order valence-corrected chi connectivity index (χ4v) is 3.31. The lowest BCUT2D eigenvalue weighted by Gasteiger charge is -2.11. The summed E-state index contributed by atoms with van der Waals surface area (Å²) in [4.78, 5) is 21.4. The summed E-state index contributed by atoms with van der Waals surface area (Å²) < 4.78 is 28.0. The molecule has 3 rings (SSSR count). The first-order valence-corrected chi connectivity index (χ1v) is 10.7. The highest BCUT2D eigenvalue weighted by Crippen LogP contribution is 2.24. The Labute approximate surface area is 177 Å². The molecule has 7 nitrogen and oxygen atoms in total. The van der Waals surface area contributed by atoms with Gasteiger partial charge in [-0.25, -0.2) is 23.4 Å². The first kappa shape index (κ1) is 21.9. The maximum Gasteiger partial charge on any atom is 0.251 e. The summed E-state index contributed by atoms with van der Waals surface area (Å²) in [6.45, 7) is 7.67. The molecule has 3 aromatic rings. The second-order valence-corrected chi connectivity index (χ2v) is 8.28. The molecule has 2 aromatic heterocycles. The van der Waals surface area contributed by atoms with Crippen molar-refractivity contribution in [1.82, 2.24) is 25.1 Å². The van der Waals surface area contributed by atoms with Crippen LogP contribution in [-0.2, 0) is 6.54 Å². The Balaban J connectivity index is 1.73. The van der Waals surface area contributed by atoms with Crippen LogP contribution in [0.1, 0.15) is 31.1 Å². The van der Waals surface area contributed by atoms with Gasteiger partial charge < -0.3 is 10.6 Å². The molecule has 1 amide bonds. The number of hydrogen-bond acceptors (Lipinski definition) is 6. The fourth-order valence-electron chi connectivity index (χ4n) is 2.74. The van der Waals surface area contributed by atoms with E-state index in [9.17, 15) is 13.6 Å². The van der Waals surface area contributed by atoms with Crippen molar-refractivity contribution in [3.8, 4) is 0 Å². The summed E-state index contributed by atoms with van der Waals surface area (Å²) in [5.74, 6) is -0.494. The van der Waals surface area contributed by atoms with E-state index >= 15 is 0 Å². The van der Waals surface area contributed by atoms with E-state index in [1.165, 1.54) is 17.8 Å². The number of nitrogens with zero attached hydrogens (tertiary/aromatic N) is 4. The molecule has 0 aliphatic carbocycles. The number of nitrogens with one attached hydrogen (secondary N) is 2. The van der Waals surface area contributed by atoms with Gasteiger partial charge in [-0.1, -0.05) is 32.5 Å². The lowest BCUT2D eigenvalue weighted by atomic mass is 10.2. The van der Waals surface area contributed by atoms with Gasteiger partial charge >= 0.3 is 0 Å². The molecule has 1 aromatic carbocycles. The number of benzene rings is 1. The minimum absolute atomic E-state index is 0.0587. The fraction of sp³-hybridized carbons (Fsp3) is 0.400. The number of halogens is 2. The smallest absolute Gasteiger partial charge is 0.251 e. The molecular weight excluding hydrogens is 410 g/mol. The van der Waals surface area contributed by atoms with Gasteiger partial charge in [0.05, 0.1) is 18.1 Å². The van der Waals surface area contributed by atoms with Crippen molar-refractivity contribution < 1.29 is 13.6 Å². The topological polar surface area (TPSA) is 84.7 Å². The highest BCUT2D eigenvalue weighted by atomic mass is 32.2. The SMILES string of the molecule is CCSc1nc(NCC(C)C)c2cnn(CCNC(=O)c3ccc(F)c(F)c3)c2n1. The molecule has 0 aliphatic rings. The van der Waals surface area contributed by atoms with E-state index < -0.39 is 17.5 Å². The minimum Gasteiger partial charge on any atom is -0.369 e. The largest absolute Gasteiger partial charge is 0.369 e. The molecule has 0 fully saturated rings. The van der Waals surface area contributed by atoms with Gasteiger partial charge in [0.2, 0.25) is 0 Å². The molecule has 0 saturated carbocycles. The lowest BCUT2D eigenvalue weighted by molar-refractivity contribution is 0.0951. The monoisotopic (exact) mass is 434 g/mol. The van der Waals surface area contributed by atoms with Crippen molar-refractivity contribution >= 4 is 34.5 Å². The second kappa shape index (κ2) is 9.84. The standard InChI is InChI=1S/C20H24F2N6OS/c1-4-30-20-26-17(24-10-12(2)3)14-11-25-28(18(14)27-20)8-7-23-19(29)13-5-6-15(21)16(22)9-13/h5-6,9,11-12H,4,7-8,10H2,1-3H3,(H,23,29)(H,24,26,27). The molecule has 0 bridgehead atoms. The average molecular weight is 435 g/mol. The lowest BCUT2D eigenvalue weighted by Crippen LogP contribution is -2.27. The molecule has 0 spiro atoms. The maximum absolute atomic E-state index is 13.3. The van der Waals surface area contributed by atoms with Crippen molar-refractivity contribution in [1.29, 1.82) is 0 Å². The summed E-state index contributed by atoms with van der Waals surface area (Å²) in [6.07, 6.45) is 1.70. The first-order valence-electron chi connectivity index (χ1n) is 9.72. The Morgan fingerprint density at radius 2 is 2.03 bits per heavy atom. The third-order valence-corrected chi connectivity index (χ3v) is 4.95. The van der Waals surface area contributed by atoms with Crippen LogP contribution in [-0.4, -0.2) is 44.5 Å². The molecule has 2 heterocycles. The number of hydrogen-bond donors (Lipinski definition) is 2. The van der Waals surface area contributed by atoms with E-state index in [-0.39, 0.29) is 12.1 Å². The Kier molecular flexibility index (Phi) is 7.20. The summed E-state index contributed by atoms with van der Waals surface area (Å²) >= 11 is 1.54. The van der Waals surface area contributed by atoms with E-state index in [4.69, 9.17) is 0 Å². The van der Waals surface area contributed by atoms with Crippen molar-refractivity contribution in [2.45, 2.75) is 32.5 Å². The molecule has 160 valence electrons. The average Bonchev–Trinajstić information content (AvgIpc) is 3.11. The van der Waals surface area contributed by atoms with E-state index in [0.29, 0.717) is 23.3 Å². The van der Waals surface area contributed by atoms with Crippen LogP contribution in [0, 0.1) is 17.6 Å². The van der Waals surface area contributed by atoms with Crippen LogP contribution in [0.2, 0.25) is 0 Å². The zero-order valence-electron chi connectivity index (χ0n) is 17.1. The van der Waals surface area contributed by atoms with Gasteiger partial charge in [-0.15, -0.1) is 0 Å². The summed E-state index contributed by atoms with van der Waals surface area (Å²) in [6, 6.07) is 3.05. The predicted molar refractivity (Wildman–Crippen MR) is 114 cm³/mol. The third kappa shape index (κ3) is 5.24. The Bertz CT molecular complexity index is 1040. The number of carbonyl (C=O) groups is 1. The van der Waals surface area contributed by atoms with Gasteiger partial charge in [0.15, 0.2) is 22.4 Å². The maximum atomic E-state index is 13.3. The number of rotatable bonds is 9. The predicted octanol–water partition coefficient (Wildman–Crippen LogP) is 3.71. The van der Waals surface area contributed by atoms with E-state index in [1.54, 1.807) is 10.9 Å². The summed E-state index contributed by atoms with van der Waals surface area (Å²) in [7, 11) is 0.